The van der Waals surface area contributed by atoms with Gasteiger partial charge in [0.15, 0.2) is 0 Å². The minimum Gasteiger partial charge on any atom is -0.464 e. The van der Waals surface area contributed by atoms with Crippen molar-refractivity contribution in [2.24, 2.45) is 0 Å². The predicted molar refractivity (Wildman–Crippen MR) is 101 cm³/mol. The molecule has 0 N–H and O–H groups in total. The molecule has 4 rings (SSSR count). The highest BCUT2D eigenvalue weighted by molar-refractivity contribution is 5.97. The number of hydrogen-bond donors (Lipinski definition) is 0. The topological polar surface area (TPSA) is 22.4 Å². The minimum atomic E-state index is 0.237. The van der Waals surface area contributed by atoms with Gasteiger partial charge >= 0.3 is 0 Å². The van der Waals surface area contributed by atoms with Crippen LogP contribution in [-0.2, 0) is 4.74 Å². The molecular weight excluding hydrogens is 308 g/mol. The quantitative estimate of drug-likeness (QED) is 0.438. The molecule has 2 nitrogen and oxygen atoms in total. The molecule has 1 aromatic heterocycles. The molecular formula is C23H19O2. The first-order chi connectivity index (χ1) is 12.4. The number of ether oxygens (including phenoxy) is 1. The third kappa shape index (κ3) is 3.38. The molecule has 0 amide bonds. The van der Waals surface area contributed by atoms with Crippen LogP contribution in [0.25, 0.3) is 16.5 Å². The average Bonchev–Trinajstić information content (AvgIpc) is 3.30. The summed E-state index contributed by atoms with van der Waals surface area (Å²) in [4.78, 5) is 0. The van der Waals surface area contributed by atoms with Gasteiger partial charge in [0, 0.05) is 23.6 Å². The smallest absolute Gasteiger partial charge is 0.134 e. The van der Waals surface area contributed by atoms with Gasteiger partial charge in [-0.3, -0.25) is 0 Å². The normalized spacial score (nSPS) is 14.9. The molecule has 0 saturated heterocycles. The van der Waals surface area contributed by atoms with E-state index >= 15 is 0 Å². The summed E-state index contributed by atoms with van der Waals surface area (Å²) in [7, 11) is 0. The highest BCUT2D eigenvalue weighted by Crippen LogP contribution is 2.50. The second-order valence-corrected chi connectivity index (χ2v) is 6.18. The van der Waals surface area contributed by atoms with E-state index in [1.54, 1.807) is 6.26 Å². The molecule has 0 saturated carbocycles. The third-order valence-corrected chi connectivity index (χ3v) is 4.55. The molecule has 1 radical (unpaired) electrons. The fourth-order valence-electron chi connectivity index (χ4n) is 3.16. The van der Waals surface area contributed by atoms with E-state index in [0.717, 1.165) is 11.0 Å². The summed E-state index contributed by atoms with van der Waals surface area (Å²) >= 11 is 0. The Morgan fingerprint density at radius 1 is 1.08 bits per heavy atom. The van der Waals surface area contributed by atoms with Gasteiger partial charge in [-0.2, -0.15) is 0 Å². The zero-order chi connectivity index (χ0) is 17.1. The first kappa shape index (κ1) is 15.7. The maximum atomic E-state index is 5.82. The van der Waals surface area contributed by atoms with Crippen molar-refractivity contribution >= 4 is 16.5 Å². The monoisotopic (exact) mass is 327 g/mol. The summed E-state index contributed by atoms with van der Waals surface area (Å²) < 4.78 is 11.3. The number of hydrogen-bond acceptors (Lipinski definition) is 2. The highest BCUT2D eigenvalue weighted by Gasteiger charge is 2.36. The number of furan rings is 1. The predicted octanol–water partition coefficient (Wildman–Crippen LogP) is 5.23. The van der Waals surface area contributed by atoms with E-state index < -0.39 is 0 Å². The van der Waals surface area contributed by atoms with Crippen LogP contribution in [0.3, 0.4) is 0 Å². The van der Waals surface area contributed by atoms with Gasteiger partial charge in [-0.15, -0.1) is 12.3 Å². The van der Waals surface area contributed by atoms with Crippen LogP contribution in [0.15, 0.2) is 71.4 Å². The molecule has 2 aromatic carbocycles. The molecule has 1 heterocycles. The van der Waals surface area contributed by atoms with E-state index in [9.17, 15) is 0 Å². The number of allylic oxidation sites excluding steroid dienone is 2. The number of benzene rings is 2. The first-order valence-electron chi connectivity index (χ1n) is 8.49. The Hall–Kier alpha value is -2.76. The van der Waals surface area contributed by atoms with Crippen LogP contribution in [0.5, 0.6) is 0 Å². The van der Waals surface area contributed by atoms with Gasteiger partial charge in [-0.25, -0.2) is 0 Å². The number of terminal acetylenes is 1. The Labute approximate surface area is 148 Å². The lowest BCUT2D eigenvalue weighted by atomic mass is 9.91. The Kier molecular flexibility index (Phi) is 4.41. The Morgan fingerprint density at radius 3 is 2.80 bits per heavy atom. The molecule has 3 aromatic rings. The van der Waals surface area contributed by atoms with E-state index in [-0.39, 0.29) is 5.92 Å². The lowest BCUT2D eigenvalue weighted by Gasteiger charge is -2.18. The maximum Gasteiger partial charge on any atom is 0.134 e. The minimum absolute atomic E-state index is 0.237. The fourth-order valence-corrected chi connectivity index (χ4v) is 3.16. The van der Waals surface area contributed by atoms with E-state index in [1.165, 1.54) is 22.6 Å². The van der Waals surface area contributed by atoms with Crippen molar-refractivity contribution in [3.05, 3.63) is 84.0 Å². The summed E-state index contributed by atoms with van der Waals surface area (Å²) in [5.41, 5.74) is 4.67. The van der Waals surface area contributed by atoms with Gasteiger partial charge in [0.05, 0.1) is 19.5 Å². The van der Waals surface area contributed by atoms with E-state index in [4.69, 9.17) is 15.6 Å². The summed E-state index contributed by atoms with van der Waals surface area (Å²) in [6.07, 6.45) is 9.92. The van der Waals surface area contributed by atoms with Crippen molar-refractivity contribution in [2.75, 3.05) is 13.2 Å². The van der Waals surface area contributed by atoms with Gasteiger partial charge in [0.1, 0.15) is 5.58 Å². The maximum absolute atomic E-state index is 5.82. The summed E-state index contributed by atoms with van der Waals surface area (Å²) in [6.45, 7) is 1.24. The second kappa shape index (κ2) is 7.01. The standard InChI is InChI=1S/C23H19O2/c1-2-3-12-24-16-22(17-7-5-4-6-8-17)21-15-20(21)19-10-9-18-11-13-25-23(18)14-19/h1,4-11,13-15,22H,3,12,16H2. The van der Waals surface area contributed by atoms with Crippen molar-refractivity contribution < 1.29 is 9.15 Å². The molecule has 25 heavy (non-hydrogen) atoms. The van der Waals surface area contributed by atoms with Gasteiger partial charge in [-0.1, -0.05) is 48.5 Å². The Bertz CT molecular complexity index is 927. The molecule has 1 aliphatic rings. The lowest BCUT2D eigenvalue weighted by Crippen LogP contribution is -2.11. The first-order valence-corrected chi connectivity index (χ1v) is 8.49. The van der Waals surface area contributed by atoms with E-state index in [1.807, 2.05) is 12.1 Å². The number of rotatable bonds is 7. The lowest BCUT2D eigenvalue weighted by molar-refractivity contribution is 0.131. The fraction of sp³-hybridized carbons (Fsp3) is 0.174. The molecule has 1 atom stereocenters. The molecule has 2 heteroatoms. The highest BCUT2D eigenvalue weighted by atomic mass is 16.5. The van der Waals surface area contributed by atoms with Crippen LogP contribution in [-0.4, -0.2) is 13.2 Å². The van der Waals surface area contributed by atoms with Crippen LogP contribution < -0.4 is 0 Å². The zero-order valence-electron chi connectivity index (χ0n) is 13.9. The van der Waals surface area contributed by atoms with Crippen molar-refractivity contribution in [1.29, 1.82) is 0 Å². The zero-order valence-corrected chi connectivity index (χ0v) is 13.9. The van der Waals surface area contributed by atoms with Crippen molar-refractivity contribution in [2.45, 2.75) is 12.3 Å². The van der Waals surface area contributed by atoms with Crippen LogP contribution in [0, 0.1) is 18.3 Å². The third-order valence-electron chi connectivity index (χ3n) is 4.55. The van der Waals surface area contributed by atoms with Gasteiger partial charge in [-0.05, 0) is 28.8 Å². The number of fused-ring (bicyclic) bond motifs is 1. The van der Waals surface area contributed by atoms with E-state index in [0.29, 0.717) is 19.6 Å². The average molecular weight is 327 g/mol. The molecule has 1 aliphatic carbocycles. The van der Waals surface area contributed by atoms with E-state index in [2.05, 4.69) is 54.5 Å². The Balaban J connectivity index is 1.51. The van der Waals surface area contributed by atoms with Crippen LogP contribution in [0.4, 0.5) is 0 Å². The van der Waals surface area contributed by atoms with Crippen LogP contribution in [0.2, 0.25) is 0 Å². The molecule has 1 unspecified atom stereocenters. The van der Waals surface area contributed by atoms with Crippen LogP contribution >= 0.6 is 0 Å². The van der Waals surface area contributed by atoms with Gasteiger partial charge < -0.3 is 9.15 Å². The molecule has 0 fully saturated rings. The van der Waals surface area contributed by atoms with Crippen LogP contribution in [0.1, 0.15) is 23.5 Å². The molecule has 0 bridgehead atoms. The molecule has 0 spiro atoms. The molecule has 0 aliphatic heterocycles. The Morgan fingerprint density at radius 2 is 1.96 bits per heavy atom. The van der Waals surface area contributed by atoms with Crippen molar-refractivity contribution in [1.82, 2.24) is 0 Å². The second-order valence-electron chi connectivity index (χ2n) is 6.18. The largest absolute Gasteiger partial charge is 0.464 e. The summed E-state index contributed by atoms with van der Waals surface area (Å²) in [5, 5.41) is 1.13. The SMILES string of the molecule is C#CCCOCC([C]1C=C1c1ccc2ccoc2c1)c1ccccc1. The molecule has 123 valence electrons. The van der Waals surface area contributed by atoms with Crippen molar-refractivity contribution in [3.63, 3.8) is 0 Å². The summed E-state index contributed by atoms with van der Waals surface area (Å²) in [6, 6.07) is 18.8. The van der Waals surface area contributed by atoms with Gasteiger partial charge in [0.2, 0.25) is 0 Å². The van der Waals surface area contributed by atoms with Gasteiger partial charge in [0.25, 0.3) is 0 Å². The van der Waals surface area contributed by atoms with Crippen molar-refractivity contribution in [3.8, 4) is 12.3 Å². The summed E-state index contributed by atoms with van der Waals surface area (Å²) in [5.74, 6) is 4.19.